The van der Waals surface area contributed by atoms with Gasteiger partial charge in [-0.05, 0) is 17.7 Å². The van der Waals surface area contributed by atoms with Crippen molar-refractivity contribution in [3.8, 4) is 0 Å². The molecule has 4 heteroatoms. The third-order valence-electron chi connectivity index (χ3n) is 2.99. The van der Waals surface area contributed by atoms with Gasteiger partial charge in [-0.1, -0.05) is 12.1 Å². The molecule has 1 fully saturated rings. The Bertz CT molecular complexity index is 416. The van der Waals surface area contributed by atoms with Crippen LogP contribution in [0.3, 0.4) is 0 Å². The average Bonchev–Trinajstić information content (AvgIpc) is 2.81. The summed E-state index contributed by atoms with van der Waals surface area (Å²) in [5, 5.41) is 3.23. The van der Waals surface area contributed by atoms with Crippen molar-refractivity contribution in [3.63, 3.8) is 0 Å². The van der Waals surface area contributed by atoms with Crippen LogP contribution in [0.4, 0.5) is 4.39 Å². The Balaban J connectivity index is 1.69. The minimum atomic E-state index is -0.209. The van der Waals surface area contributed by atoms with E-state index in [0.717, 1.165) is 24.6 Å². The smallest absolute Gasteiger partial charge is 0.188 e. The molecular formula is C12H13FN2O. The zero-order chi connectivity index (χ0) is 11.0. The van der Waals surface area contributed by atoms with Gasteiger partial charge in [-0.15, -0.1) is 0 Å². The SMILES string of the molecule is Fc1ccc(CC2=NC3CNCC3O2)cc1. The Morgan fingerprint density at radius 2 is 2.12 bits per heavy atom. The third-order valence-corrected chi connectivity index (χ3v) is 2.99. The Kier molecular flexibility index (Phi) is 2.36. The minimum Gasteiger partial charge on any atom is -0.474 e. The van der Waals surface area contributed by atoms with Gasteiger partial charge in [0.1, 0.15) is 18.0 Å². The van der Waals surface area contributed by atoms with Crippen LogP contribution in [0.5, 0.6) is 0 Å². The van der Waals surface area contributed by atoms with Crippen molar-refractivity contribution < 1.29 is 9.13 Å². The summed E-state index contributed by atoms with van der Waals surface area (Å²) in [7, 11) is 0. The largest absolute Gasteiger partial charge is 0.474 e. The standard InChI is InChI=1S/C12H13FN2O/c13-9-3-1-8(2-4-9)5-12-15-10-6-14-7-11(10)16-12/h1-4,10-11,14H,5-7H2. The molecule has 2 unspecified atom stereocenters. The van der Waals surface area contributed by atoms with Crippen molar-refractivity contribution >= 4 is 5.90 Å². The lowest BCUT2D eigenvalue weighted by molar-refractivity contribution is 0.220. The van der Waals surface area contributed by atoms with Crippen LogP contribution in [0.25, 0.3) is 0 Å². The van der Waals surface area contributed by atoms with Crippen LogP contribution >= 0.6 is 0 Å². The lowest BCUT2D eigenvalue weighted by atomic mass is 10.1. The first-order valence-electron chi connectivity index (χ1n) is 5.50. The van der Waals surface area contributed by atoms with Crippen LogP contribution in [0, 0.1) is 5.82 Å². The summed E-state index contributed by atoms with van der Waals surface area (Å²) in [5.41, 5.74) is 1.04. The summed E-state index contributed by atoms with van der Waals surface area (Å²) in [5.74, 6) is 0.571. The first kappa shape index (κ1) is 9.78. The van der Waals surface area contributed by atoms with Crippen LogP contribution in [-0.4, -0.2) is 31.1 Å². The van der Waals surface area contributed by atoms with Gasteiger partial charge in [-0.25, -0.2) is 9.38 Å². The second kappa shape index (κ2) is 3.87. The van der Waals surface area contributed by atoms with Crippen molar-refractivity contribution in [1.29, 1.82) is 0 Å². The van der Waals surface area contributed by atoms with E-state index in [9.17, 15) is 4.39 Å². The summed E-state index contributed by atoms with van der Waals surface area (Å²) in [6.07, 6.45) is 0.864. The molecule has 0 spiro atoms. The van der Waals surface area contributed by atoms with E-state index < -0.39 is 0 Å². The molecule has 84 valence electrons. The van der Waals surface area contributed by atoms with Crippen LogP contribution in [0.2, 0.25) is 0 Å². The van der Waals surface area contributed by atoms with Gasteiger partial charge in [0.05, 0.1) is 0 Å². The van der Waals surface area contributed by atoms with Crippen LogP contribution < -0.4 is 5.32 Å². The number of halogens is 1. The molecule has 0 aliphatic carbocycles. The van der Waals surface area contributed by atoms with Crippen molar-refractivity contribution in [2.75, 3.05) is 13.1 Å². The van der Waals surface area contributed by atoms with E-state index in [4.69, 9.17) is 4.74 Å². The molecule has 1 saturated heterocycles. The molecule has 2 aliphatic heterocycles. The van der Waals surface area contributed by atoms with Gasteiger partial charge in [0.15, 0.2) is 5.90 Å². The summed E-state index contributed by atoms with van der Waals surface area (Å²) in [4.78, 5) is 4.51. The van der Waals surface area contributed by atoms with Crippen LogP contribution in [0.15, 0.2) is 29.3 Å². The zero-order valence-electron chi connectivity index (χ0n) is 8.82. The predicted molar refractivity (Wildman–Crippen MR) is 59.1 cm³/mol. The summed E-state index contributed by atoms with van der Waals surface area (Å²) in [6.45, 7) is 1.78. The highest BCUT2D eigenvalue weighted by Crippen LogP contribution is 2.19. The molecule has 16 heavy (non-hydrogen) atoms. The fourth-order valence-corrected chi connectivity index (χ4v) is 2.14. The molecule has 2 aliphatic rings. The van der Waals surface area contributed by atoms with Crippen molar-refractivity contribution in [2.45, 2.75) is 18.6 Å². The van der Waals surface area contributed by atoms with E-state index in [1.54, 1.807) is 12.1 Å². The molecule has 3 rings (SSSR count). The number of benzene rings is 1. The molecule has 2 atom stereocenters. The molecule has 0 aromatic heterocycles. The maximum atomic E-state index is 12.7. The Labute approximate surface area is 93.3 Å². The van der Waals surface area contributed by atoms with Crippen molar-refractivity contribution in [3.05, 3.63) is 35.6 Å². The second-order valence-corrected chi connectivity index (χ2v) is 4.21. The van der Waals surface area contributed by atoms with E-state index in [2.05, 4.69) is 10.3 Å². The molecule has 0 radical (unpaired) electrons. The normalized spacial score (nSPS) is 27.4. The first-order chi connectivity index (χ1) is 7.81. The lowest BCUT2D eigenvalue weighted by Crippen LogP contribution is -2.20. The fraction of sp³-hybridized carbons (Fsp3) is 0.417. The van der Waals surface area contributed by atoms with Gasteiger partial charge in [-0.3, -0.25) is 0 Å². The molecule has 1 aromatic rings. The molecule has 1 aromatic carbocycles. The Morgan fingerprint density at radius 1 is 1.31 bits per heavy atom. The van der Waals surface area contributed by atoms with E-state index in [-0.39, 0.29) is 18.0 Å². The predicted octanol–water partition coefficient (Wildman–Crippen LogP) is 1.14. The Hall–Kier alpha value is -1.42. The van der Waals surface area contributed by atoms with Gasteiger partial charge in [0.25, 0.3) is 0 Å². The molecule has 0 saturated carbocycles. The van der Waals surface area contributed by atoms with Gasteiger partial charge >= 0.3 is 0 Å². The molecule has 3 nitrogen and oxygen atoms in total. The van der Waals surface area contributed by atoms with Gasteiger partial charge in [0, 0.05) is 19.5 Å². The van der Waals surface area contributed by atoms with E-state index in [1.807, 2.05) is 0 Å². The van der Waals surface area contributed by atoms with E-state index in [1.165, 1.54) is 12.1 Å². The first-order valence-corrected chi connectivity index (χ1v) is 5.50. The van der Waals surface area contributed by atoms with Crippen LogP contribution in [-0.2, 0) is 11.2 Å². The lowest BCUT2D eigenvalue weighted by Gasteiger charge is -2.07. The number of fused-ring (bicyclic) bond motifs is 1. The van der Waals surface area contributed by atoms with Crippen LogP contribution in [0.1, 0.15) is 5.56 Å². The average molecular weight is 220 g/mol. The van der Waals surface area contributed by atoms with Gasteiger partial charge in [0.2, 0.25) is 0 Å². The van der Waals surface area contributed by atoms with Gasteiger partial charge in [-0.2, -0.15) is 0 Å². The summed E-state index contributed by atoms with van der Waals surface area (Å²) in [6, 6.07) is 6.75. The quantitative estimate of drug-likeness (QED) is 0.810. The molecule has 0 amide bonds. The summed E-state index contributed by atoms with van der Waals surface area (Å²) < 4.78 is 18.4. The van der Waals surface area contributed by atoms with Crippen molar-refractivity contribution in [2.24, 2.45) is 4.99 Å². The zero-order valence-corrected chi connectivity index (χ0v) is 8.82. The van der Waals surface area contributed by atoms with E-state index >= 15 is 0 Å². The van der Waals surface area contributed by atoms with Gasteiger partial charge < -0.3 is 10.1 Å². The number of hydrogen-bond donors (Lipinski definition) is 1. The number of nitrogens with one attached hydrogen (secondary N) is 1. The highest BCUT2D eigenvalue weighted by Gasteiger charge is 2.34. The third kappa shape index (κ3) is 1.80. The number of rotatable bonds is 2. The van der Waals surface area contributed by atoms with Crippen molar-refractivity contribution in [1.82, 2.24) is 5.32 Å². The summed E-state index contributed by atoms with van der Waals surface area (Å²) >= 11 is 0. The topological polar surface area (TPSA) is 33.6 Å². The highest BCUT2D eigenvalue weighted by atomic mass is 19.1. The fourth-order valence-electron chi connectivity index (χ4n) is 2.14. The van der Waals surface area contributed by atoms with E-state index in [0.29, 0.717) is 6.42 Å². The number of nitrogens with zero attached hydrogens (tertiary/aromatic N) is 1. The maximum absolute atomic E-state index is 12.7. The second-order valence-electron chi connectivity index (χ2n) is 4.21. The molecular weight excluding hydrogens is 207 g/mol. The number of ether oxygens (including phenoxy) is 1. The minimum absolute atomic E-state index is 0.204. The monoisotopic (exact) mass is 220 g/mol. The maximum Gasteiger partial charge on any atom is 0.188 e. The number of aliphatic imine (C=N–C) groups is 1. The molecule has 1 N–H and O–H groups in total. The molecule has 0 bridgehead atoms. The molecule has 2 heterocycles. The number of hydrogen-bond acceptors (Lipinski definition) is 3. The highest BCUT2D eigenvalue weighted by molar-refractivity contribution is 5.80. The Morgan fingerprint density at radius 3 is 2.88 bits per heavy atom.